The van der Waals surface area contributed by atoms with Crippen molar-refractivity contribution in [3.05, 3.63) is 23.2 Å². The Bertz CT molecular complexity index is 466. The average molecular weight is 251 g/mol. The number of halogens is 1. The summed E-state index contributed by atoms with van der Waals surface area (Å²) in [5.41, 5.74) is 1.25. The van der Waals surface area contributed by atoms with Gasteiger partial charge in [0.05, 0.1) is 16.4 Å². The molecule has 0 atom stereocenters. The third kappa shape index (κ3) is 1.69. The predicted molar refractivity (Wildman–Crippen MR) is 69.5 cm³/mol. The zero-order valence-corrected chi connectivity index (χ0v) is 10.3. The van der Waals surface area contributed by atoms with Crippen LogP contribution in [0.3, 0.4) is 0 Å². The fourth-order valence-electron chi connectivity index (χ4n) is 2.81. The SMILES string of the molecule is O=C1Nc2c(Cl)cccc2NC12CCCCC2. The Kier molecular flexibility index (Phi) is 2.51. The Morgan fingerprint density at radius 2 is 1.94 bits per heavy atom. The standard InChI is InChI=1S/C13H15ClN2O/c14-9-5-4-6-10-11(9)15-12(17)13(16-10)7-2-1-3-8-13/h4-6,16H,1-3,7-8H2,(H,15,17). The lowest BCUT2D eigenvalue weighted by Gasteiger charge is -2.41. The maximum Gasteiger partial charge on any atom is 0.250 e. The normalized spacial score (nSPS) is 21.6. The molecule has 3 rings (SSSR count). The first kappa shape index (κ1) is 10.9. The smallest absolute Gasteiger partial charge is 0.250 e. The largest absolute Gasteiger partial charge is 0.369 e. The number of carbonyl (C=O) groups is 1. The van der Waals surface area contributed by atoms with Gasteiger partial charge < -0.3 is 10.6 Å². The van der Waals surface area contributed by atoms with E-state index in [4.69, 9.17) is 11.6 Å². The molecule has 0 aromatic heterocycles. The summed E-state index contributed by atoms with van der Waals surface area (Å²) in [5.74, 6) is 0.0674. The first-order valence-corrected chi connectivity index (χ1v) is 6.47. The highest BCUT2D eigenvalue weighted by molar-refractivity contribution is 6.35. The fourth-order valence-corrected chi connectivity index (χ4v) is 3.03. The average Bonchev–Trinajstić information content (AvgIpc) is 2.33. The van der Waals surface area contributed by atoms with E-state index >= 15 is 0 Å². The van der Waals surface area contributed by atoms with Gasteiger partial charge in [0.25, 0.3) is 0 Å². The van der Waals surface area contributed by atoms with Crippen molar-refractivity contribution in [2.24, 2.45) is 0 Å². The Morgan fingerprint density at radius 1 is 1.18 bits per heavy atom. The number of nitrogens with one attached hydrogen (secondary N) is 2. The lowest BCUT2D eigenvalue weighted by atomic mass is 9.79. The van der Waals surface area contributed by atoms with Gasteiger partial charge in [-0.15, -0.1) is 0 Å². The molecule has 1 saturated carbocycles. The molecule has 2 N–H and O–H groups in total. The van der Waals surface area contributed by atoms with Crippen molar-refractivity contribution in [2.45, 2.75) is 37.6 Å². The molecule has 1 aliphatic heterocycles. The summed E-state index contributed by atoms with van der Waals surface area (Å²) in [4.78, 5) is 12.3. The second-order valence-electron chi connectivity index (χ2n) is 4.88. The van der Waals surface area contributed by atoms with Crippen molar-refractivity contribution < 1.29 is 4.79 Å². The molecule has 1 aliphatic carbocycles. The number of carbonyl (C=O) groups excluding carboxylic acids is 1. The Hall–Kier alpha value is -1.22. The number of rotatable bonds is 0. The first-order chi connectivity index (χ1) is 8.21. The number of benzene rings is 1. The fraction of sp³-hybridized carbons (Fsp3) is 0.462. The highest BCUT2D eigenvalue weighted by Crippen LogP contribution is 2.41. The van der Waals surface area contributed by atoms with Gasteiger partial charge in [0.2, 0.25) is 5.91 Å². The van der Waals surface area contributed by atoms with E-state index in [-0.39, 0.29) is 5.91 Å². The van der Waals surface area contributed by atoms with E-state index < -0.39 is 5.54 Å². The molecular formula is C13H15ClN2O. The summed E-state index contributed by atoms with van der Waals surface area (Å²) < 4.78 is 0. The summed E-state index contributed by atoms with van der Waals surface area (Å²) in [7, 11) is 0. The number of amides is 1. The van der Waals surface area contributed by atoms with Gasteiger partial charge in [0.1, 0.15) is 5.54 Å². The molecule has 2 aliphatic rings. The Balaban J connectivity index is 2.00. The lowest BCUT2D eigenvalue weighted by Crippen LogP contribution is -2.53. The minimum absolute atomic E-state index is 0.0674. The molecule has 0 bridgehead atoms. The monoisotopic (exact) mass is 250 g/mol. The van der Waals surface area contributed by atoms with Gasteiger partial charge in [0.15, 0.2) is 0 Å². The third-order valence-electron chi connectivity index (χ3n) is 3.77. The number of para-hydroxylation sites is 1. The van der Waals surface area contributed by atoms with E-state index in [0.717, 1.165) is 37.1 Å². The van der Waals surface area contributed by atoms with Crippen molar-refractivity contribution in [3.8, 4) is 0 Å². The van der Waals surface area contributed by atoms with Crippen LogP contribution in [-0.4, -0.2) is 11.4 Å². The third-order valence-corrected chi connectivity index (χ3v) is 4.08. The minimum Gasteiger partial charge on any atom is -0.369 e. The van der Waals surface area contributed by atoms with Crippen LogP contribution in [0.4, 0.5) is 11.4 Å². The van der Waals surface area contributed by atoms with Crippen LogP contribution in [0.2, 0.25) is 5.02 Å². The molecule has 1 aromatic carbocycles. The van der Waals surface area contributed by atoms with Crippen LogP contribution in [0.5, 0.6) is 0 Å². The topological polar surface area (TPSA) is 41.1 Å². The zero-order valence-electron chi connectivity index (χ0n) is 9.55. The Morgan fingerprint density at radius 3 is 2.71 bits per heavy atom. The van der Waals surface area contributed by atoms with Gasteiger partial charge in [-0.1, -0.05) is 36.9 Å². The maximum absolute atomic E-state index is 12.3. The van der Waals surface area contributed by atoms with Crippen molar-refractivity contribution in [1.82, 2.24) is 0 Å². The summed E-state index contributed by atoms with van der Waals surface area (Å²) in [6.45, 7) is 0. The van der Waals surface area contributed by atoms with E-state index in [0.29, 0.717) is 5.02 Å². The highest BCUT2D eigenvalue weighted by atomic mass is 35.5. The molecule has 17 heavy (non-hydrogen) atoms. The van der Waals surface area contributed by atoms with E-state index in [9.17, 15) is 4.79 Å². The number of hydrogen-bond acceptors (Lipinski definition) is 2. The van der Waals surface area contributed by atoms with Crippen LogP contribution in [0.1, 0.15) is 32.1 Å². The van der Waals surface area contributed by atoms with E-state index in [1.165, 1.54) is 6.42 Å². The van der Waals surface area contributed by atoms with Crippen LogP contribution in [0.15, 0.2) is 18.2 Å². The number of anilines is 2. The molecule has 90 valence electrons. The van der Waals surface area contributed by atoms with Crippen LogP contribution in [0.25, 0.3) is 0 Å². The number of fused-ring (bicyclic) bond motifs is 1. The summed E-state index contributed by atoms with van der Waals surface area (Å²) in [6, 6.07) is 5.67. The second-order valence-corrected chi connectivity index (χ2v) is 5.29. The van der Waals surface area contributed by atoms with Gasteiger partial charge in [-0.3, -0.25) is 4.79 Å². The van der Waals surface area contributed by atoms with E-state index in [1.54, 1.807) is 6.07 Å². The van der Waals surface area contributed by atoms with Gasteiger partial charge in [-0.25, -0.2) is 0 Å². The minimum atomic E-state index is -0.407. The van der Waals surface area contributed by atoms with Crippen molar-refractivity contribution in [1.29, 1.82) is 0 Å². The summed E-state index contributed by atoms with van der Waals surface area (Å²) in [5, 5.41) is 6.95. The molecule has 1 fully saturated rings. The highest BCUT2D eigenvalue weighted by Gasteiger charge is 2.42. The van der Waals surface area contributed by atoms with Crippen LogP contribution < -0.4 is 10.6 Å². The molecule has 1 spiro atoms. The van der Waals surface area contributed by atoms with Crippen LogP contribution in [-0.2, 0) is 4.79 Å². The molecular weight excluding hydrogens is 236 g/mol. The molecule has 1 aromatic rings. The molecule has 0 radical (unpaired) electrons. The van der Waals surface area contributed by atoms with Crippen LogP contribution in [0, 0.1) is 0 Å². The van der Waals surface area contributed by atoms with E-state index in [1.807, 2.05) is 12.1 Å². The molecule has 1 heterocycles. The lowest BCUT2D eigenvalue weighted by molar-refractivity contribution is -0.121. The van der Waals surface area contributed by atoms with Gasteiger partial charge in [-0.2, -0.15) is 0 Å². The summed E-state index contributed by atoms with van der Waals surface area (Å²) >= 11 is 6.08. The van der Waals surface area contributed by atoms with Gasteiger partial charge >= 0.3 is 0 Å². The molecule has 1 amide bonds. The molecule has 0 saturated heterocycles. The molecule has 4 heteroatoms. The predicted octanol–water partition coefficient (Wildman–Crippen LogP) is 3.41. The van der Waals surface area contributed by atoms with Gasteiger partial charge in [0, 0.05) is 0 Å². The Labute approximate surface area is 106 Å². The van der Waals surface area contributed by atoms with Crippen molar-refractivity contribution in [2.75, 3.05) is 10.6 Å². The molecule has 0 unspecified atom stereocenters. The van der Waals surface area contributed by atoms with Crippen molar-refractivity contribution in [3.63, 3.8) is 0 Å². The maximum atomic E-state index is 12.3. The molecule has 3 nitrogen and oxygen atoms in total. The first-order valence-electron chi connectivity index (χ1n) is 6.09. The quantitative estimate of drug-likeness (QED) is 0.741. The van der Waals surface area contributed by atoms with E-state index in [2.05, 4.69) is 10.6 Å². The van der Waals surface area contributed by atoms with Crippen molar-refractivity contribution >= 4 is 28.9 Å². The second kappa shape index (κ2) is 3.91. The zero-order chi connectivity index (χ0) is 11.9. The van der Waals surface area contributed by atoms with Crippen LogP contribution >= 0.6 is 11.6 Å². The summed E-state index contributed by atoms with van der Waals surface area (Å²) in [6.07, 6.45) is 5.25. The van der Waals surface area contributed by atoms with Gasteiger partial charge in [-0.05, 0) is 25.0 Å². The number of hydrogen-bond donors (Lipinski definition) is 2.